The van der Waals surface area contributed by atoms with Crippen molar-refractivity contribution in [3.63, 3.8) is 0 Å². The van der Waals surface area contributed by atoms with Crippen LogP contribution in [0.25, 0.3) is 21.0 Å². The number of benzene rings is 2. The normalized spacial score (nSPS) is 21.0. The Morgan fingerprint density at radius 1 is 1.23 bits per heavy atom. The molecule has 2 aromatic heterocycles. The molecule has 31 heavy (non-hydrogen) atoms. The summed E-state index contributed by atoms with van der Waals surface area (Å²) in [5, 5.41) is 13.1. The molecule has 3 heterocycles. The van der Waals surface area contributed by atoms with E-state index in [9.17, 15) is 5.11 Å². The number of H-pyrrole nitrogens is 1. The summed E-state index contributed by atoms with van der Waals surface area (Å²) in [4.78, 5) is 7.12. The van der Waals surface area contributed by atoms with Crippen LogP contribution in [0, 0.1) is 6.92 Å². The number of fused-ring (bicyclic) bond motifs is 2. The Kier molecular flexibility index (Phi) is 5.74. The molecule has 2 aromatic carbocycles. The molecule has 1 fully saturated rings. The Morgan fingerprint density at radius 2 is 2.13 bits per heavy atom. The van der Waals surface area contributed by atoms with Gasteiger partial charge in [-0.3, -0.25) is 4.90 Å². The monoisotopic (exact) mass is 434 g/mol. The third kappa shape index (κ3) is 4.36. The fourth-order valence-corrected chi connectivity index (χ4v) is 6.11. The van der Waals surface area contributed by atoms with Crippen molar-refractivity contribution in [3.05, 3.63) is 65.2 Å². The van der Waals surface area contributed by atoms with Crippen LogP contribution in [-0.2, 0) is 0 Å². The standard InChI is InChI=1S/C26H30N2O2S/c1-17-6-7-19-14-26(31-25(19)12-17)20-9-11-28(18(2)13-20)15-21(29)16-30-24-5-3-4-23-22(24)8-10-27-23/h3-8,10,12,14,18,20-21,27,29H,9,11,13,15-16H2,1-2H3/t18-,20+,21?/m1/s1. The minimum Gasteiger partial charge on any atom is -0.490 e. The number of aromatic amines is 1. The molecule has 1 saturated heterocycles. The van der Waals surface area contributed by atoms with Crippen molar-refractivity contribution in [2.24, 2.45) is 0 Å². The quantitative estimate of drug-likeness (QED) is 0.409. The lowest BCUT2D eigenvalue weighted by molar-refractivity contribution is 0.0408. The van der Waals surface area contributed by atoms with Crippen molar-refractivity contribution in [3.8, 4) is 5.75 Å². The third-order valence-corrected chi connectivity index (χ3v) is 7.80. The number of aliphatic hydroxyl groups excluding tert-OH is 1. The van der Waals surface area contributed by atoms with Crippen molar-refractivity contribution < 1.29 is 9.84 Å². The van der Waals surface area contributed by atoms with E-state index in [0.29, 0.717) is 25.1 Å². The first-order valence-electron chi connectivity index (χ1n) is 11.2. The second-order valence-electron chi connectivity index (χ2n) is 8.92. The average molecular weight is 435 g/mol. The van der Waals surface area contributed by atoms with Crippen molar-refractivity contribution in [1.29, 1.82) is 0 Å². The average Bonchev–Trinajstić information content (AvgIpc) is 3.40. The third-order valence-electron chi connectivity index (χ3n) is 6.54. The molecule has 0 bridgehead atoms. The Morgan fingerprint density at radius 3 is 3.00 bits per heavy atom. The molecule has 0 aliphatic carbocycles. The van der Waals surface area contributed by atoms with Crippen molar-refractivity contribution >= 4 is 32.3 Å². The van der Waals surface area contributed by atoms with Crippen LogP contribution in [0.2, 0.25) is 0 Å². The summed E-state index contributed by atoms with van der Waals surface area (Å²) in [6.45, 7) is 6.43. The summed E-state index contributed by atoms with van der Waals surface area (Å²) < 4.78 is 7.35. The summed E-state index contributed by atoms with van der Waals surface area (Å²) in [5.41, 5.74) is 2.38. The van der Waals surface area contributed by atoms with Crippen LogP contribution in [0.15, 0.2) is 54.7 Å². The highest BCUT2D eigenvalue weighted by molar-refractivity contribution is 7.19. The predicted octanol–water partition coefficient (Wildman–Crippen LogP) is 5.70. The van der Waals surface area contributed by atoms with E-state index in [4.69, 9.17) is 4.74 Å². The van der Waals surface area contributed by atoms with E-state index in [1.807, 2.05) is 41.8 Å². The highest BCUT2D eigenvalue weighted by Crippen LogP contribution is 2.38. The molecule has 1 aliphatic rings. The summed E-state index contributed by atoms with van der Waals surface area (Å²) >= 11 is 1.95. The Balaban J connectivity index is 1.17. The highest BCUT2D eigenvalue weighted by atomic mass is 32.1. The molecule has 0 radical (unpaired) electrons. The number of ether oxygens (including phenoxy) is 1. The molecule has 1 unspecified atom stereocenters. The second kappa shape index (κ2) is 8.65. The van der Waals surface area contributed by atoms with Gasteiger partial charge in [0, 0.05) is 39.3 Å². The van der Waals surface area contributed by atoms with Gasteiger partial charge in [-0.2, -0.15) is 0 Å². The molecule has 4 nitrogen and oxygen atoms in total. The lowest BCUT2D eigenvalue weighted by Crippen LogP contribution is -2.45. The number of nitrogens with one attached hydrogen (secondary N) is 1. The van der Waals surface area contributed by atoms with Crippen LogP contribution < -0.4 is 4.74 Å². The van der Waals surface area contributed by atoms with Gasteiger partial charge in [0.05, 0.1) is 0 Å². The number of thiophene rings is 1. The van der Waals surface area contributed by atoms with E-state index in [1.165, 1.54) is 20.5 Å². The van der Waals surface area contributed by atoms with Crippen molar-refractivity contribution in [1.82, 2.24) is 9.88 Å². The van der Waals surface area contributed by atoms with Crippen LogP contribution in [0.5, 0.6) is 5.75 Å². The molecule has 5 rings (SSSR count). The van der Waals surface area contributed by atoms with Gasteiger partial charge >= 0.3 is 0 Å². The number of β-amino-alcohol motifs (C(OH)–C–C–N with tert-alkyl or cyclic N) is 1. The SMILES string of the molecule is Cc1ccc2cc([C@H]3CCN(CC(O)COc4cccc5[nH]ccc45)[C@H](C)C3)sc2c1. The zero-order valence-electron chi connectivity index (χ0n) is 18.2. The summed E-state index contributed by atoms with van der Waals surface area (Å²) in [6, 6.07) is 17.6. The minimum atomic E-state index is -0.500. The number of likely N-dealkylation sites (tertiary alicyclic amines) is 1. The van der Waals surface area contributed by atoms with Gasteiger partial charge < -0.3 is 14.8 Å². The zero-order valence-corrected chi connectivity index (χ0v) is 19.0. The molecular formula is C26H30N2O2S. The summed E-state index contributed by atoms with van der Waals surface area (Å²) in [6.07, 6.45) is 3.70. The topological polar surface area (TPSA) is 48.5 Å². The second-order valence-corrected chi connectivity index (χ2v) is 10.0. The number of piperidine rings is 1. The van der Waals surface area contributed by atoms with Crippen LogP contribution in [0.3, 0.4) is 0 Å². The van der Waals surface area contributed by atoms with Gasteiger partial charge in [0.25, 0.3) is 0 Å². The largest absolute Gasteiger partial charge is 0.490 e. The molecule has 3 atom stereocenters. The van der Waals surface area contributed by atoms with E-state index in [-0.39, 0.29) is 0 Å². The number of nitrogens with zero attached hydrogens (tertiary/aromatic N) is 1. The molecule has 0 spiro atoms. The van der Waals surface area contributed by atoms with Crippen molar-refractivity contribution in [2.75, 3.05) is 19.7 Å². The summed E-state index contributed by atoms with van der Waals surface area (Å²) in [7, 11) is 0. The van der Waals surface area contributed by atoms with Crippen LogP contribution in [0.1, 0.15) is 36.1 Å². The number of aryl methyl sites for hydroxylation is 1. The Hall–Kier alpha value is -2.34. The van der Waals surface area contributed by atoms with Gasteiger partial charge in [0.15, 0.2) is 0 Å². The molecule has 2 N–H and O–H groups in total. The molecular weight excluding hydrogens is 404 g/mol. The minimum absolute atomic E-state index is 0.312. The van der Waals surface area contributed by atoms with Gasteiger partial charge in [0.2, 0.25) is 0 Å². The first kappa shape index (κ1) is 20.6. The van der Waals surface area contributed by atoms with Crippen LogP contribution in [0.4, 0.5) is 0 Å². The van der Waals surface area contributed by atoms with E-state index in [1.54, 1.807) is 0 Å². The highest BCUT2D eigenvalue weighted by Gasteiger charge is 2.28. The maximum Gasteiger partial charge on any atom is 0.128 e. The maximum atomic E-state index is 10.6. The van der Waals surface area contributed by atoms with Gasteiger partial charge in [-0.1, -0.05) is 18.2 Å². The van der Waals surface area contributed by atoms with E-state index >= 15 is 0 Å². The number of aromatic nitrogens is 1. The number of hydrogen-bond donors (Lipinski definition) is 2. The molecule has 1 aliphatic heterocycles. The molecule has 162 valence electrons. The Labute approximate surface area is 187 Å². The molecule has 0 amide bonds. The van der Waals surface area contributed by atoms with Gasteiger partial charge in [0.1, 0.15) is 18.5 Å². The van der Waals surface area contributed by atoms with Gasteiger partial charge in [-0.15, -0.1) is 11.3 Å². The first-order valence-corrected chi connectivity index (χ1v) is 12.0. The molecule has 0 saturated carbocycles. The molecule has 4 aromatic rings. The fourth-order valence-electron chi connectivity index (χ4n) is 4.80. The number of hydrogen-bond acceptors (Lipinski definition) is 4. The van der Waals surface area contributed by atoms with Crippen molar-refractivity contribution in [2.45, 2.75) is 44.8 Å². The van der Waals surface area contributed by atoms with Gasteiger partial charge in [-0.05, 0) is 80.4 Å². The summed E-state index contributed by atoms with van der Waals surface area (Å²) in [5.74, 6) is 1.44. The lowest BCUT2D eigenvalue weighted by atomic mass is 9.90. The maximum absolute atomic E-state index is 10.6. The lowest BCUT2D eigenvalue weighted by Gasteiger charge is -2.38. The van der Waals surface area contributed by atoms with E-state index < -0.39 is 6.10 Å². The fraction of sp³-hybridized carbons (Fsp3) is 0.385. The van der Waals surface area contributed by atoms with Gasteiger partial charge in [-0.25, -0.2) is 0 Å². The predicted molar refractivity (Wildman–Crippen MR) is 129 cm³/mol. The van der Waals surface area contributed by atoms with Crippen LogP contribution >= 0.6 is 11.3 Å². The smallest absolute Gasteiger partial charge is 0.128 e. The number of rotatable bonds is 6. The van der Waals surface area contributed by atoms with E-state index in [2.05, 4.69) is 48.0 Å². The Bertz CT molecular complexity index is 1180. The van der Waals surface area contributed by atoms with Crippen LogP contribution in [-0.4, -0.2) is 46.8 Å². The zero-order chi connectivity index (χ0) is 21.4. The number of aliphatic hydroxyl groups is 1. The molecule has 5 heteroatoms. The first-order chi connectivity index (χ1) is 15.1. The van der Waals surface area contributed by atoms with E-state index in [0.717, 1.165) is 36.0 Å².